The zero-order chi connectivity index (χ0) is 65.5. The number of carbonyl (C=O) groups excluding carboxylic acids is 2. The van der Waals surface area contributed by atoms with Gasteiger partial charge in [0.15, 0.2) is 6.10 Å². The normalized spacial score (nSPS) is 13.8. The smallest absolute Gasteiger partial charge is 0.306 e. The zero-order valence-corrected chi connectivity index (χ0v) is 59.9. The molecule has 0 aromatic rings. The predicted molar refractivity (Wildman–Crippen MR) is 388 cm³/mol. The molecule has 0 aromatic carbocycles. The van der Waals surface area contributed by atoms with Crippen LogP contribution in [-0.2, 0) is 32.7 Å². The summed E-state index contributed by atoms with van der Waals surface area (Å²) in [5.41, 5.74) is 0. The van der Waals surface area contributed by atoms with Gasteiger partial charge in [0.2, 0.25) is 0 Å². The molecule has 0 aliphatic rings. The standard InChI is InChI=1S/C80H140NO8P/c1-6-8-10-12-14-16-18-20-22-24-26-28-30-32-34-36-37-38-39-40-41-42-43-45-46-48-50-52-54-56-58-60-62-64-66-68-70-72-79(82)86-76-78(77-88-90(84,85)87-75-74-81(3,4)5)89-80(83)73-71-69-67-65-63-61-59-57-55-53-51-49-47-44-35-33-31-29-27-25-23-21-19-17-15-13-11-9-7-2/h8-11,14-17,20-23,26-29,33,35,47,49,78H,6-7,12-13,18-19,24-25,30-32,34,36-46,48,50-77H2,1-5H3/b10-8-,11-9-,16-14-,17-15-,22-20-,23-21-,28-26-,29-27-,35-33-,49-47-. The maximum Gasteiger partial charge on any atom is 0.306 e. The maximum absolute atomic E-state index is 12.9. The first-order chi connectivity index (χ1) is 44.0. The van der Waals surface area contributed by atoms with Crippen LogP contribution in [0, 0.1) is 0 Å². The van der Waals surface area contributed by atoms with Crippen LogP contribution in [0.2, 0.25) is 0 Å². The van der Waals surface area contributed by atoms with Gasteiger partial charge in [-0.15, -0.1) is 0 Å². The molecule has 0 aliphatic heterocycles. The van der Waals surface area contributed by atoms with Gasteiger partial charge >= 0.3 is 11.9 Å². The van der Waals surface area contributed by atoms with E-state index in [-0.39, 0.29) is 32.0 Å². The number of allylic oxidation sites excluding steroid dienone is 20. The van der Waals surface area contributed by atoms with Crippen molar-refractivity contribution in [2.45, 2.75) is 328 Å². The van der Waals surface area contributed by atoms with E-state index in [1.807, 2.05) is 21.1 Å². The molecular weight excluding hydrogens is 1130 g/mol. The van der Waals surface area contributed by atoms with Crippen molar-refractivity contribution in [3.05, 3.63) is 122 Å². The Kier molecular flexibility index (Phi) is 67.0. The number of rotatable bonds is 68. The third-order valence-electron chi connectivity index (χ3n) is 16.0. The molecule has 2 atom stereocenters. The molecule has 0 saturated heterocycles. The van der Waals surface area contributed by atoms with Gasteiger partial charge in [0, 0.05) is 12.8 Å². The number of unbranched alkanes of at least 4 members (excludes halogenated alkanes) is 34. The summed E-state index contributed by atoms with van der Waals surface area (Å²) in [7, 11) is 1.16. The van der Waals surface area contributed by atoms with Gasteiger partial charge in [0.1, 0.15) is 19.8 Å². The molecule has 2 unspecified atom stereocenters. The number of ether oxygens (including phenoxy) is 2. The van der Waals surface area contributed by atoms with Crippen LogP contribution in [0.1, 0.15) is 322 Å². The SMILES string of the molecule is CC/C=C\C/C=C\C/C=C\C/C=C\C/C=C\C/C=C\CCCCCCCCCCCCC(=O)OC(COC(=O)CCCCCCCCCCCCCCCCCCCCCCCCCC/C=C\C/C=C\C/C=C\C/C=C\CC)COP(=O)([O-])OCC[N+](C)(C)C. The Morgan fingerprint density at radius 2 is 0.600 bits per heavy atom. The lowest BCUT2D eigenvalue weighted by Crippen LogP contribution is -2.37. The summed E-state index contributed by atoms with van der Waals surface area (Å²) in [6.45, 7) is 4.04. The van der Waals surface area contributed by atoms with E-state index in [1.165, 1.54) is 180 Å². The largest absolute Gasteiger partial charge is 0.756 e. The van der Waals surface area contributed by atoms with Crippen molar-refractivity contribution in [1.82, 2.24) is 0 Å². The van der Waals surface area contributed by atoms with E-state index < -0.39 is 26.5 Å². The quantitative estimate of drug-likeness (QED) is 0.0195. The van der Waals surface area contributed by atoms with Crippen molar-refractivity contribution in [2.75, 3.05) is 47.5 Å². The van der Waals surface area contributed by atoms with E-state index in [4.69, 9.17) is 18.5 Å². The first-order valence-electron chi connectivity index (χ1n) is 37.2. The van der Waals surface area contributed by atoms with Crippen LogP contribution in [0.15, 0.2) is 122 Å². The van der Waals surface area contributed by atoms with Crippen LogP contribution < -0.4 is 4.89 Å². The second-order valence-electron chi connectivity index (χ2n) is 25.9. The molecule has 0 fully saturated rings. The Labute approximate surface area is 556 Å². The molecule has 518 valence electrons. The van der Waals surface area contributed by atoms with E-state index in [0.717, 1.165) is 109 Å². The third kappa shape index (κ3) is 73.5. The van der Waals surface area contributed by atoms with Gasteiger partial charge in [-0.25, -0.2) is 0 Å². The van der Waals surface area contributed by atoms with Crippen molar-refractivity contribution in [3.8, 4) is 0 Å². The minimum atomic E-state index is -4.65. The van der Waals surface area contributed by atoms with Crippen LogP contribution in [0.4, 0.5) is 0 Å². The Bertz CT molecular complexity index is 1940. The van der Waals surface area contributed by atoms with Crippen molar-refractivity contribution < 1.29 is 42.1 Å². The molecule has 90 heavy (non-hydrogen) atoms. The lowest BCUT2D eigenvalue weighted by molar-refractivity contribution is -0.870. The van der Waals surface area contributed by atoms with Gasteiger partial charge < -0.3 is 27.9 Å². The molecule has 0 heterocycles. The van der Waals surface area contributed by atoms with Crippen LogP contribution in [-0.4, -0.2) is 70.0 Å². The van der Waals surface area contributed by atoms with E-state index >= 15 is 0 Å². The molecule has 9 nitrogen and oxygen atoms in total. The van der Waals surface area contributed by atoms with Crippen molar-refractivity contribution >= 4 is 19.8 Å². The van der Waals surface area contributed by atoms with Gasteiger partial charge in [-0.05, 0) is 103 Å². The Balaban J connectivity index is 3.99. The Hall–Kier alpha value is -3.59. The molecule has 0 rings (SSSR count). The summed E-state index contributed by atoms with van der Waals surface area (Å²) in [5.74, 6) is -0.831. The summed E-state index contributed by atoms with van der Waals surface area (Å²) in [6.07, 6.45) is 100. The van der Waals surface area contributed by atoms with Crippen molar-refractivity contribution in [3.63, 3.8) is 0 Å². The lowest BCUT2D eigenvalue weighted by Gasteiger charge is -2.28. The minimum absolute atomic E-state index is 0.0349. The van der Waals surface area contributed by atoms with E-state index in [2.05, 4.69) is 135 Å². The fourth-order valence-corrected chi connectivity index (χ4v) is 11.1. The third-order valence-corrected chi connectivity index (χ3v) is 16.9. The van der Waals surface area contributed by atoms with E-state index in [9.17, 15) is 19.0 Å². The summed E-state index contributed by atoms with van der Waals surface area (Å²) in [4.78, 5) is 38.1. The molecule has 0 N–H and O–H groups in total. The number of carbonyl (C=O) groups is 2. The maximum atomic E-state index is 12.9. The highest BCUT2D eigenvalue weighted by Gasteiger charge is 2.22. The number of quaternary nitrogens is 1. The molecule has 0 bridgehead atoms. The number of phosphoric ester groups is 1. The molecular formula is C80H140NO8P. The summed E-state index contributed by atoms with van der Waals surface area (Å²) in [5, 5.41) is 0. The number of likely N-dealkylation sites (N-methyl/N-ethyl adjacent to an activating group) is 1. The fraction of sp³-hybridized carbons (Fsp3) is 0.725. The minimum Gasteiger partial charge on any atom is -0.756 e. The topological polar surface area (TPSA) is 111 Å². The van der Waals surface area contributed by atoms with Crippen LogP contribution in [0.5, 0.6) is 0 Å². The van der Waals surface area contributed by atoms with Crippen LogP contribution in [0.3, 0.4) is 0 Å². The van der Waals surface area contributed by atoms with Gasteiger partial charge in [0.25, 0.3) is 7.82 Å². The van der Waals surface area contributed by atoms with E-state index in [0.29, 0.717) is 17.4 Å². The molecule has 0 aromatic heterocycles. The average molecular weight is 1270 g/mol. The number of nitrogens with zero attached hydrogens (tertiary/aromatic N) is 1. The van der Waals surface area contributed by atoms with Gasteiger partial charge in [-0.3, -0.25) is 14.2 Å². The Morgan fingerprint density at radius 3 is 0.889 bits per heavy atom. The highest BCUT2D eigenvalue weighted by Crippen LogP contribution is 2.38. The molecule has 0 saturated carbocycles. The van der Waals surface area contributed by atoms with Crippen LogP contribution in [0.25, 0.3) is 0 Å². The van der Waals surface area contributed by atoms with E-state index in [1.54, 1.807) is 0 Å². The predicted octanol–water partition coefficient (Wildman–Crippen LogP) is 24.0. The second kappa shape index (κ2) is 69.7. The number of esters is 2. The molecule has 0 radical (unpaired) electrons. The number of phosphoric acid groups is 1. The average Bonchev–Trinajstić information content (AvgIpc) is 3.58. The van der Waals surface area contributed by atoms with Crippen molar-refractivity contribution in [1.29, 1.82) is 0 Å². The second-order valence-corrected chi connectivity index (χ2v) is 27.3. The monoisotopic (exact) mass is 1270 g/mol. The summed E-state index contributed by atoms with van der Waals surface area (Å²) < 4.78 is 34.4. The van der Waals surface area contributed by atoms with Gasteiger partial charge in [-0.1, -0.05) is 328 Å². The first kappa shape index (κ1) is 86.4. The molecule has 10 heteroatoms. The van der Waals surface area contributed by atoms with Gasteiger partial charge in [-0.2, -0.15) is 0 Å². The van der Waals surface area contributed by atoms with Crippen LogP contribution >= 0.6 is 7.82 Å². The lowest BCUT2D eigenvalue weighted by atomic mass is 10.0. The number of hydrogen-bond donors (Lipinski definition) is 0. The highest BCUT2D eigenvalue weighted by atomic mass is 31.2. The summed E-state index contributed by atoms with van der Waals surface area (Å²) >= 11 is 0. The number of hydrogen-bond acceptors (Lipinski definition) is 8. The molecule has 0 amide bonds. The first-order valence-corrected chi connectivity index (χ1v) is 38.7. The van der Waals surface area contributed by atoms with Gasteiger partial charge in [0.05, 0.1) is 27.7 Å². The Morgan fingerprint density at radius 1 is 0.344 bits per heavy atom. The molecule has 0 aliphatic carbocycles. The van der Waals surface area contributed by atoms with Crippen molar-refractivity contribution in [2.24, 2.45) is 0 Å². The molecule has 0 spiro atoms. The summed E-state index contributed by atoms with van der Waals surface area (Å²) in [6, 6.07) is 0. The zero-order valence-electron chi connectivity index (χ0n) is 59.1. The fourth-order valence-electron chi connectivity index (χ4n) is 10.4. The highest BCUT2D eigenvalue weighted by molar-refractivity contribution is 7.45.